The zero-order chi connectivity index (χ0) is 20.6. The number of carboxylic acid groups (broad SMARTS) is 1. The second-order valence-corrected chi connectivity index (χ2v) is 6.31. The third-order valence-corrected chi connectivity index (χ3v) is 4.14. The van der Waals surface area contributed by atoms with Crippen molar-refractivity contribution < 1.29 is 24.3 Å². The van der Waals surface area contributed by atoms with Crippen molar-refractivity contribution in [1.29, 1.82) is 0 Å². The fraction of sp³-hybridized carbons (Fsp3) is 0.667. The smallest absolute Gasteiger partial charge is 0.326 e. The summed E-state index contributed by atoms with van der Waals surface area (Å²) < 4.78 is 0. The number of aliphatic imine (C=N–C) groups is 1. The van der Waals surface area contributed by atoms with Crippen molar-refractivity contribution in [2.24, 2.45) is 27.9 Å². The van der Waals surface area contributed by atoms with E-state index in [1.165, 1.54) is 4.90 Å². The first kappa shape index (κ1) is 22.2. The van der Waals surface area contributed by atoms with Gasteiger partial charge in [0, 0.05) is 13.1 Å². The van der Waals surface area contributed by atoms with Crippen LogP contribution in [0, 0.1) is 0 Å². The van der Waals surface area contributed by atoms with Crippen LogP contribution in [0.15, 0.2) is 4.99 Å². The fourth-order valence-corrected chi connectivity index (χ4v) is 2.84. The van der Waals surface area contributed by atoms with E-state index < -0.39 is 41.8 Å². The maximum absolute atomic E-state index is 12.8. The average Bonchev–Trinajstić information content (AvgIpc) is 3.05. The predicted molar refractivity (Wildman–Crippen MR) is 96.0 cm³/mol. The van der Waals surface area contributed by atoms with E-state index in [0.29, 0.717) is 19.3 Å². The number of carbonyl (C=O) groups is 4. The first-order valence-electron chi connectivity index (χ1n) is 8.56. The Labute approximate surface area is 156 Å². The standard InChI is InChI=1S/C15H27N7O5/c16-8(7-11(17)23)12(24)21-9(3-1-5-20-15(18)19)13(25)22-6-2-4-10(22)14(26)27/h8-10H,1-7,16H2,(H2,17,23)(H,21,24)(H,26,27)(H4,18,19,20)/t8-,9-,10-/m0/s1. The number of guanidine groups is 1. The highest BCUT2D eigenvalue weighted by atomic mass is 16.4. The van der Waals surface area contributed by atoms with E-state index in [1.54, 1.807) is 0 Å². The van der Waals surface area contributed by atoms with Crippen LogP contribution in [-0.4, -0.2) is 70.9 Å². The molecule has 0 aromatic rings. The van der Waals surface area contributed by atoms with E-state index in [9.17, 15) is 24.3 Å². The number of primary amides is 1. The van der Waals surface area contributed by atoms with Gasteiger partial charge in [-0.3, -0.25) is 19.4 Å². The minimum Gasteiger partial charge on any atom is -0.480 e. The van der Waals surface area contributed by atoms with Crippen LogP contribution in [0.25, 0.3) is 0 Å². The molecule has 12 nitrogen and oxygen atoms in total. The molecule has 0 aromatic carbocycles. The lowest BCUT2D eigenvalue weighted by atomic mass is 10.1. The second kappa shape index (κ2) is 10.3. The highest BCUT2D eigenvalue weighted by molar-refractivity contribution is 5.93. The normalized spacial score (nSPS) is 18.4. The number of rotatable bonds is 10. The molecule has 152 valence electrons. The molecular weight excluding hydrogens is 358 g/mol. The van der Waals surface area contributed by atoms with Crippen LogP contribution in [0.5, 0.6) is 0 Å². The molecule has 0 aromatic heterocycles. The van der Waals surface area contributed by atoms with Crippen molar-refractivity contribution in [3.05, 3.63) is 0 Å². The number of carboxylic acids is 1. The van der Waals surface area contributed by atoms with Gasteiger partial charge in [-0.05, 0) is 25.7 Å². The summed E-state index contributed by atoms with van der Waals surface area (Å²) in [6.07, 6.45) is 1.07. The van der Waals surface area contributed by atoms with E-state index in [2.05, 4.69) is 10.3 Å². The van der Waals surface area contributed by atoms with Gasteiger partial charge >= 0.3 is 5.97 Å². The van der Waals surface area contributed by atoms with Crippen molar-refractivity contribution in [1.82, 2.24) is 10.2 Å². The SMILES string of the molecule is NC(=O)C[C@H](N)C(=O)N[C@@H](CCCN=C(N)N)C(=O)N1CCC[C@H]1C(=O)O. The Morgan fingerprint density at radius 2 is 1.89 bits per heavy atom. The van der Waals surface area contributed by atoms with Crippen LogP contribution >= 0.6 is 0 Å². The first-order chi connectivity index (χ1) is 12.6. The van der Waals surface area contributed by atoms with Gasteiger partial charge in [0.15, 0.2) is 5.96 Å². The largest absolute Gasteiger partial charge is 0.480 e. The van der Waals surface area contributed by atoms with Crippen molar-refractivity contribution in [3.8, 4) is 0 Å². The molecule has 1 aliphatic heterocycles. The number of amides is 3. The van der Waals surface area contributed by atoms with Crippen LogP contribution in [-0.2, 0) is 19.2 Å². The maximum Gasteiger partial charge on any atom is 0.326 e. The molecule has 1 aliphatic rings. The van der Waals surface area contributed by atoms with Crippen molar-refractivity contribution in [3.63, 3.8) is 0 Å². The number of nitrogens with one attached hydrogen (secondary N) is 1. The molecule has 0 spiro atoms. The molecule has 3 atom stereocenters. The van der Waals surface area contributed by atoms with Gasteiger partial charge in [0.25, 0.3) is 0 Å². The third kappa shape index (κ3) is 7.09. The summed E-state index contributed by atoms with van der Waals surface area (Å²) in [5.41, 5.74) is 21.1. The molecule has 12 heteroatoms. The zero-order valence-corrected chi connectivity index (χ0v) is 15.0. The molecular formula is C15H27N7O5. The number of nitrogens with two attached hydrogens (primary N) is 4. The number of aliphatic carboxylic acids is 1. The van der Waals surface area contributed by atoms with Crippen LogP contribution in [0.4, 0.5) is 0 Å². The Morgan fingerprint density at radius 1 is 1.22 bits per heavy atom. The van der Waals surface area contributed by atoms with Gasteiger partial charge in [-0.15, -0.1) is 0 Å². The summed E-state index contributed by atoms with van der Waals surface area (Å²) in [5, 5.41) is 11.7. The first-order valence-corrected chi connectivity index (χ1v) is 8.56. The number of likely N-dealkylation sites (tertiary alicyclic amines) is 1. The van der Waals surface area contributed by atoms with Gasteiger partial charge in [0.1, 0.15) is 12.1 Å². The van der Waals surface area contributed by atoms with Gasteiger partial charge < -0.3 is 38.3 Å². The number of nitrogens with zero attached hydrogens (tertiary/aromatic N) is 2. The molecule has 27 heavy (non-hydrogen) atoms. The number of carbonyl (C=O) groups excluding carboxylic acids is 3. The van der Waals surface area contributed by atoms with E-state index >= 15 is 0 Å². The monoisotopic (exact) mass is 385 g/mol. The number of hydrogen-bond acceptors (Lipinski definition) is 6. The van der Waals surface area contributed by atoms with Gasteiger partial charge in [-0.2, -0.15) is 0 Å². The van der Waals surface area contributed by atoms with Crippen LogP contribution < -0.4 is 28.3 Å². The van der Waals surface area contributed by atoms with Crippen molar-refractivity contribution in [2.45, 2.75) is 50.2 Å². The van der Waals surface area contributed by atoms with Crippen LogP contribution in [0.2, 0.25) is 0 Å². The molecule has 1 saturated heterocycles. The molecule has 0 bridgehead atoms. The quantitative estimate of drug-likeness (QED) is 0.127. The van der Waals surface area contributed by atoms with Gasteiger partial charge in [0.2, 0.25) is 17.7 Å². The molecule has 0 saturated carbocycles. The molecule has 1 rings (SSSR count). The number of hydrogen-bond donors (Lipinski definition) is 6. The fourth-order valence-electron chi connectivity index (χ4n) is 2.84. The highest BCUT2D eigenvalue weighted by Crippen LogP contribution is 2.19. The van der Waals surface area contributed by atoms with Crippen LogP contribution in [0.3, 0.4) is 0 Å². The molecule has 0 unspecified atom stereocenters. The zero-order valence-electron chi connectivity index (χ0n) is 15.0. The minimum atomic E-state index is -1.20. The second-order valence-electron chi connectivity index (χ2n) is 6.31. The van der Waals surface area contributed by atoms with E-state index in [-0.39, 0.29) is 31.9 Å². The molecule has 3 amide bonds. The molecule has 1 fully saturated rings. The van der Waals surface area contributed by atoms with Crippen LogP contribution in [0.1, 0.15) is 32.1 Å². The average molecular weight is 385 g/mol. The Morgan fingerprint density at radius 3 is 2.44 bits per heavy atom. The van der Waals surface area contributed by atoms with Crippen molar-refractivity contribution >= 4 is 29.7 Å². The lowest BCUT2D eigenvalue weighted by Gasteiger charge is -2.28. The van der Waals surface area contributed by atoms with Gasteiger partial charge in [-0.25, -0.2) is 4.79 Å². The summed E-state index contributed by atoms with van der Waals surface area (Å²) in [6.45, 7) is 0.515. The lowest BCUT2D eigenvalue weighted by molar-refractivity contribution is -0.149. The topological polar surface area (TPSA) is 220 Å². The Hall–Kier alpha value is -2.89. The summed E-state index contributed by atoms with van der Waals surface area (Å²) in [5.74, 6) is -3.20. The molecule has 10 N–H and O–H groups in total. The van der Waals surface area contributed by atoms with Crippen molar-refractivity contribution in [2.75, 3.05) is 13.1 Å². The summed E-state index contributed by atoms with van der Waals surface area (Å²) >= 11 is 0. The van der Waals surface area contributed by atoms with E-state index in [0.717, 1.165) is 0 Å². The summed E-state index contributed by atoms with van der Waals surface area (Å²) in [4.78, 5) is 52.2. The van der Waals surface area contributed by atoms with Gasteiger partial charge in [0.05, 0.1) is 12.5 Å². The summed E-state index contributed by atoms with van der Waals surface area (Å²) in [7, 11) is 0. The predicted octanol–water partition coefficient (Wildman–Crippen LogP) is -3.20. The van der Waals surface area contributed by atoms with E-state index in [1.807, 2.05) is 0 Å². The maximum atomic E-state index is 12.8. The lowest BCUT2D eigenvalue weighted by Crippen LogP contribution is -2.55. The molecule has 0 aliphatic carbocycles. The molecule has 0 radical (unpaired) electrons. The Bertz CT molecular complexity index is 605. The molecule has 1 heterocycles. The highest BCUT2D eigenvalue weighted by Gasteiger charge is 2.37. The Kier molecular flexibility index (Phi) is 8.45. The van der Waals surface area contributed by atoms with E-state index in [4.69, 9.17) is 22.9 Å². The van der Waals surface area contributed by atoms with Gasteiger partial charge in [-0.1, -0.05) is 0 Å². The third-order valence-electron chi connectivity index (χ3n) is 4.14. The minimum absolute atomic E-state index is 0.101. The summed E-state index contributed by atoms with van der Waals surface area (Å²) in [6, 6.07) is -3.15. The Balaban J connectivity index is 2.84.